The van der Waals surface area contributed by atoms with Gasteiger partial charge in [0.15, 0.2) is 0 Å². The lowest BCUT2D eigenvalue weighted by atomic mass is 10.2. The fraction of sp³-hybridized carbons (Fsp3) is 0.286. The number of nitrogens with zero attached hydrogens (tertiary/aromatic N) is 1. The molecule has 1 fully saturated rings. The van der Waals surface area contributed by atoms with E-state index in [4.69, 9.17) is 0 Å². The van der Waals surface area contributed by atoms with Gasteiger partial charge in [-0.25, -0.2) is 8.42 Å². The van der Waals surface area contributed by atoms with Crippen molar-refractivity contribution >= 4 is 32.7 Å². The molecule has 1 saturated heterocycles. The molecule has 2 aromatic rings. The van der Waals surface area contributed by atoms with E-state index in [1.54, 1.807) is 17.5 Å². The summed E-state index contributed by atoms with van der Waals surface area (Å²) in [6.07, 6.45) is 2.32. The molecule has 2 heterocycles. The zero-order valence-electron chi connectivity index (χ0n) is 11.0. The Labute approximate surface area is 123 Å². The largest absolute Gasteiger partial charge is 0.370 e. The molecule has 1 aliphatic heterocycles. The van der Waals surface area contributed by atoms with E-state index in [1.807, 2.05) is 24.3 Å². The molecule has 0 spiro atoms. The Morgan fingerprint density at radius 2 is 1.80 bits per heavy atom. The number of hydrogen-bond acceptors (Lipinski definition) is 4. The highest BCUT2D eigenvalue weighted by atomic mass is 32.2. The van der Waals surface area contributed by atoms with Crippen LogP contribution in [0.5, 0.6) is 0 Å². The molecule has 6 heteroatoms. The lowest BCUT2D eigenvalue weighted by Crippen LogP contribution is -2.21. The minimum Gasteiger partial charge on any atom is -0.370 e. The maximum absolute atomic E-state index is 12.3. The number of benzene rings is 1. The minimum atomic E-state index is -3.48. The fourth-order valence-electron chi connectivity index (χ4n) is 2.41. The Hall–Kier alpha value is -1.53. The molecule has 0 saturated carbocycles. The third-order valence-electron chi connectivity index (χ3n) is 3.36. The molecule has 0 amide bonds. The highest BCUT2D eigenvalue weighted by molar-refractivity contribution is 7.94. The zero-order chi connectivity index (χ0) is 14.0. The van der Waals surface area contributed by atoms with Gasteiger partial charge in [-0.05, 0) is 36.4 Å². The van der Waals surface area contributed by atoms with Gasteiger partial charge < -0.3 is 4.90 Å². The highest BCUT2D eigenvalue weighted by Crippen LogP contribution is 2.31. The molecule has 0 unspecified atom stereocenters. The van der Waals surface area contributed by atoms with Crippen LogP contribution in [0.25, 0.3) is 0 Å². The van der Waals surface area contributed by atoms with Crippen LogP contribution in [0.15, 0.2) is 46.0 Å². The van der Waals surface area contributed by atoms with Crippen molar-refractivity contribution in [1.82, 2.24) is 0 Å². The Kier molecular flexibility index (Phi) is 3.67. The summed E-state index contributed by atoms with van der Waals surface area (Å²) in [5.41, 5.74) is 1.62. The second-order valence-electron chi connectivity index (χ2n) is 4.75. The van der Waals surface area contributed by atoms with Crippen molar-refractivity contribution in [2.45, 2.75) is 17.1 Å². The molecule has 0 radical (unpaired) electrons. The SMILES string of the molecule is O=S(=O)(Nc1ccccc1N1CCCC1)c1cccs1. The van der Waals surface area contributed by atoms with Crippen molar-refractivity contribution < 1.29 is 8.42 Å². The van der Waals surface area contributed by atoms with Crippen LogP contribution in [-0.4, -0.2) is 21.5 Å². The first-order chi connectivity index (χ1) is 9.67. The second-order valence-corrected chi connectivity index (χ2v) is 7.61. The normalized spacial score (nSPS) is 15.5. The van der Waals surface area contributed by atoms with Gasteiger partial charge in [0, 0.05) is 13.1 Å². The summed E-state index contributed by atoms with van der Waals surface area (Å²) in [7, 11) is -3.48. The van der Waals surface area contributed by atoms with Crippen molar-refractivity contribution in [2.75, 3.05) is 22.7 Å². The fourth-order valence-corrected chi connectivity index (χ4v) is 4.47. The van der Waals surface area contributed by atoms with E-state index >= 15 is 0 Å². The first kappa shape index (κ1) is 13.5. The molecule has 0 atom stereocenters. The topological polar surface area (TPSA) is 49.4 Å². The predicted molar refractivity (Wildman–Crippen MR) is 83.0 cm³/mol. The summed E-state index contributed by atoms with van der Waals surface area (Å²) in [5, 5.41) is 1.76. The van der Waals surface area contributed by atoms with E-state index in [0.29, 0.717) is 9.90 Å². The van der Waals surface area contributed by atoms with E-state index in [2.05, 4.69) is 9.62 Å². The molecule has 3 rings (SSSR count). The monoisotopic (exact) mass is 308 g/mol. The van der Waals surface area contributed by atoms with Crippen molar-refractivity contribution in [3.8, 4) is 0 Å². The van der Waals surface area contributed by atoms with Crippen LogP contribution in [0.3, 0.4) is 0 Å². The summed E-state index contributed by atoms with van der Waals surface area (Å²) in [6.45, 7) is 1.97. The van der Waals surface area contributed by atoms with E-state index in [-0.39, 0.29) is 0 Å². The van der Waals surface area contributed by atoms with E-state index in [0.717, 1.165) is 31.6 Å². The van der Waals surface area contributed by atoms with E-state index in [1.165, 1.54) is 11.3 Å². The maximum atomic E-state index is 12.3. The molecular weight excluding hydrogens is 292 g/mol. The Bertz CT molecular complexity index is 675. The third-order valence-corrected chi connectivity index (χ3v) is 6.12. The van der Waals surface area contributed by atoms with Crippen LogP contribution in [-0.2, 0) is 10.0 Å². The smallest absolute Gasteiger partial charge is 0.271 e. The standard InChI is InChI=1S/C14H16N2O2S2/c17-20(18,14-8-5-11-19-14)15-12-6-1-2-7-13(12)16-9-3-4-10-16/h1-2,5-8,11,15H,3-4,9-10H2. The number of rotatable bonds is 4. The molecule has 1 aromatic carbocycles. The van der Waals surface area contributed by atoms with Crippen molar-refractivity contribution in [3.63, 3.8) is 0 Å². The number of sulfonamides is 1. The lowest BCUT2D eigenvalue weighted by molar-refractivity contribution is 0.603. The third kappa shape index (κ3) is 2.66. The molecule has 106 valence electrons. The van der Waals surface area contributed by atoms with E-state index in [9.17, 15) is 8.42 Å². The molecule has 1 aromatic heterocycles. The number of hydrogen-bond donors (Lipinski definition) is 1. The van der Waals surface area contributed by atoms with Gasteiger partial charge >= 0.3 is 0 Å². The molecular formula is C14H16N2O2S2. The van der Waals surface area contributed by atoms with Crippen LogP contribution in [0.1, 0.15) is 12.8 Å². The van der Waals surface area contributed by atoms with Crippen LogP contribution in [0, 0.1) is 0 Å². The zero-order valence-corrected chi connectivity index (χ0v) is 12.6. The molecule has 20 heavy (non-hydrogen) atoms. The van der Waals surface area contributed by atoms with Gasteiger partial charge in [0.05, 0.1) is 11.4 Å². The Morgan fingerprint density at radius 3 is 2.50 bits per heavy atom. The summed E-state index contributed by atoms with van der Waals surface area (Å²) in [6, 6.07) is 10.9. The number of anilines is 2. The second kappa shape index (κ2) is 5.46. The Balaban J connectivity index is 1.91. The van der Waals surface area contributed by atoms with Gasteiger partial charge in [0.1, 0.15) is 4.21 Å². The summed E-state index contributed by atoms with van der Waals surface area (Å²) in [4.78, 5) is 2.23. The summed E-state index contributed by atoms with van der Waals surface area (Å²) in [5.74, 6) is 0. The molecule has 1 N–H and O–H groups in total. The molecule has 0 bridgehead atoms. The maximum Gasteiger partial charge on any atom is 0.271 e. The van der Waals surface area contributed by atoms with Crippen LogP contribution >= 0.6 is 11.3 Å². The minimum absolute atomic E-state index is 0.341. The molecule has 1 aliphatic rings. The first-order valence-corrected chi connectivity index (χ1v) is 8.93. The van der Waals surface area contributed by atoms with Gasteiger partial charge in [-0.2, -0.15) is 0 Å². The number of nitrogens with one attached hydrogen (secondary N) is 1. The molecule has 4 nitrogen and oxygen atoms in total. The van der Waals surface area contributed by atoms with Crippen LogP contribution < -0.4 is 9.62 Å². The Morgan fingerprint density at radius 1 is 1.05 bits per heavy atom. The van der Waals surface area contributed by atoms with Gasteiger partial charge in [0.2, 0.25) is 0 Å². The number of thiophene rings is 1. The van der Waals surface area contributed by atoms with Crippen molar-refractivity contribution in [3.05, 3.63) is 41.8 Å². The van der Waals surface area contributed by atoms with Crippen molar-refractivity contribution in [1.29, 1.82) is 0 Å². The lowest BCUT2D eigenvalue weighted by Gasteiger charge is -2.21. The summed E-state index contributed by atoms with van der Waals surface area (Å²) >= 11 is 1.22. The van der Waals surface area contributed by atoms with Gasteiger partial charge in [0.25, 0.3) is 10.0 Å². The first-order valence-electron chi connectivity index (χ1n) is 6.57. The number of para-hydroxylation sites is 2. The van der Waals surface area contributed by atoms with E-state index < -0.39 is 10.0 Å². The highest BCUT2D eigenvalue weighted by Gasteiger charge is 2.20. The predicted octanol–water partition coefficient (Wildman–Crippen LogP) is 3.15. The average Bonchev–Trinajstić information content (AvgIpc) is 3.13. The van der Waals surface area contributed by atoms with Crippen LogP contribution in [0.4, 0.5) is 11.4 Å². The quantitative estimate of drug-likeness (QED) is 0.944. The summed E-state index contributed by atoms with van der Waals surface area (Å²) < 4.78 is 27.7. The van der Waals surface area contributed by atoms with Gasteiger partial charge in [-0.3, -0.25) is 4.72 Å². The van der Waals surface area contributed by atoms with Gasteiger partial charge in [-0.1, -0.05) is 18.2 Å². The van der Waals surface area contributed by atoms with Crippen LogP contribution in [0.2, 0.25) is 0 Å². The molecule has 0 aliphatic carbocycles. The van der Waals surface area contributed by atoms with Gasteiger partial charge in [-0.15, -0.1) is 11.3 Å². The average molecular weight is 308 g/mol. The van der Waals surface area contributed by atoms with Crippen molar-refractivity contribution in [2.24, 2.45) is 0 Å².